The number of likely N-dealkylation sites (tertiary alicyclic amines) is 1. The first-order valence-electron chi connectivity index (χ1n) is 5.58. The molecular weight excluding hydrogens is 190 g/mol. The van der Waals surface area contributed by atoms with E-state index in [1.165, 1.54) is 0 Å². The Morgan fingerprint density at radius 3 is 2.87 bits per heavy atom. The van der Waals surface area contributed by atoms with Crippen molar-refractivity contribution in [3.05, 3.63) is 12.2 Å². The maximum absolute atomic E-state index is 11.8. The van der Waals surface area contributed by atoms with Crippen LogP contribution in [0.1, 0.15) is 12.8 Å². The van der Waals surface area contributed by atoms with Crippen LogP contribution in [-0.4, -0.2) is 43.0 Å². The van der Waals surface area contributed by atoms with Crippen LogP contribution >= 0.6 is 0 Å². The first-order chi connectivity index (χ1) is 7.15. The molecule has 2 aliphatic rings. The molecule has 1 aliphatic carbocycles. The van der Waals surface area contributed by atoms with Gasteiger partial charge in [-0.25, -0.2) is 0 Å². The van der Waals surface area contributed by atoms with Crippen molar-refractivity contribution >= 4 is 5.91 Å². The molecule has 1 aliphatic heterocycles. The predicted molar refractivity (Wildman–Crippen MR) is 59.3 cm³/mol. The summed E-state index contributed by atoms with van der Waals surface area (Å²) >= 11 is 0. The van der Waals surface area contributed by atoms with Crippen molar-refractivity contribution in [3.63, 3.8) is 0 Å². The number of likely N-dealkylation sites (N-methyl/N-ethyl adjacent to an activating group) is 1. The molecule has 0 radical (unpaired) electrons. The molecule has 1 heterocycles. The van der Waals surface area contributed by atoms with Gasteiger partial charge in [0.2, 0.25) is 5.91 Å². The Bertz CT molecular complexity index is 277. The quantitative estimate of drug-likeness (QED) is 0.614. The summed E-state index contributed by atoms with van der Waals surface area (Å²) in [6.07, 6.45) is 5.67. The molecule has 0 aromatic heterocycles. The minimum absolute atomic E-state index is 0.00842. The molecule has 1 amide bonds. The SMILES string of the molecule is CN1CCC(NC(=O)C2C=CC(N)C2)C1. The minimum atomic E-state index is -0.00842. The van der Waals surface area contributed by atoms with Gasteiger partial charge >= 0.3 is 0 Å². The van der Waals surface area contributed by atoms with Crippen molar-refractivity contribution in [2.24, 2.45) is 11.7 Å². The van der Waals surface area contributed by atoms with E-state index in [0.29, 0.717) is 6.04 Å². The first kappa shape index (κ1) is 10.6. The van der Waals surface area contributed by atoms with Gasteiger partial charge in [-0.1, -0.05) is 12.2 Å². The van der Waals surface area contributed by atoms with Crippen molar-refractivity contribution in [3.8, 4) is 0 Å². The van der Waals surface area contributed by atoms with E-state index in [1.807, 2.05) is 12.2 Å². The Kier molecular flexibility index (Phi) is 3.07. The number of carbonyl (C=O) groups is 1. The second-order valence-electron chi connectivity index (χ2n) is 4.65. The van der Waals surface area contributed by atoms with E-state index in [1.54, 1.807) is 0 Å². The lowest BCUT2D eigenvalue weighted by atomic mass is 10.1. The van der Waals surface area contributed by atoms with Crippen molar-refractivity contribution < 1.29 is 4.79 Å². The molecule has 0 aromatic rings. The Hall–Kier alpha value is -0.870. The van der Waals surface area contributed by atoms with Gasteiger partial charge in [-0.15, -0.1) is 0 Å². The summed E-state index contributed by atoms with van der Waals surface area (Å²) in [5, 5.41) is 3.08. The molecule has 3 unspecified atom stereocenters. The average Bonchev–Trinajstić information content (AvgIpc) is 2.75. The number of hydrogen-bond donors (Lipinski definition) is 2. The molecule has 1 fully saturated rings. The largest absolute Gasteiger partial charge is 0.352 e. The maximum atomic E-state index is 11.8. The average molecular weight is 209 g/mol. The molecule has 2 rings (SSSR count). The number of carbonyl (C=O) groups excluding carboxylic acids is 1. The highest BCUT2D eigenvalue weighted by Gasteiger charge is 2.26. The lowest BCUT2D eigenvalue weighted by molar-refractivity contribution is -0.124. The third kappa shape index (κ3) is 2.58. The summed E-state index contributed by atoms with van der Waals surface area (Å²) in [6.45, 7) is 2.04. The summed E-state index contributed by atoms with van der Waals surface area (Å²) in [5.74, 6) is 0.130. The topological polar surface area (TPSA) is 58.4 Å². The van der Waals surface area contributed by atoms with E-state index in [4.69, 9.17) is 5.73 Å². The lowest BCUT2D eigenvalue weighted by Crippen LogP contribution is -2.39. The normalized spacial score (nSPS) is 36.0. The molecule has 0 spiro atoms. The summed E-state index contributed by atoms with van der Waals surface area (Å²) in [6, 6.07) is 0.389. The molecule has 4 heteroatoms. The van der Waals surface area contributed by atoms with E-state index in [0.717, 1.165) is 25.9 Å². The number of rotatable bonds is 2. The molecule has 84 valence electrons. The third-order valence-corrected chi connectivity index (χ3v) is 3.19. The van der Waals surface area contributed by atoms with Crippen LogP contribution in [0.15, 0.2) is 12.2 Å². The van der Waals surface area contributed by atoms with Gasteiger partial charge in [-0.3, -0.25) is 4.79 Å². The zero-order chi connectivity index (χ0) is 10.8. The Balaban J connectivity index is 1.80. The maximum Gasteiger partial charge on any atom is 0.227 e. The molecule has 4 nitrogen and oxygen atoms in total. The minimum Gasteiger partial charge on any atom is -0.352 e. The van der Waals surface area contributed by atoms with Gasteiger partial charge in [0.15, 0.2) is 0 Å². The standard InChI is InChI=1S/C11H19N3O/c1-14-5-4-10(7-14)13-11(15)8-2-3-9(12)6-8/h2-3,8-10H,4-7,12H2,1H3,(H,13,15). The van der Waals surface area contributed by atoms with E-state index in [-0.39, 0.29) is 17.9 Å². The third-order valence-electron chi connectivity index (χ3n) is 3.19. The zero-order valence-electron chi connectivity index (χ0n) is 9.15. The molecule has 15 heavy (non-hydrogen) atoms. The van der Waals surface area contributed by atoms with E-state index in [2.05, 4.69) is 17.3 Å². The van der Waals surface area contributed by atoms with Crippen LogP contribution in [-0.2, 0) is 4.79 Å². The fourth-order valence-corrected chi connectivity index (χ4v) is 2.28. The molecule has 1 saturated heterocycles. The number of amides is 1. The Morgan fingerprint density at radius 2 is 2.33 bits per heavy atom. The number of hydrogen-bond acceptors (Lipinski definition) is 3. The molecule has 0 aromatic carbocycles. The van der Waals surface area contributed by atoms with Gasteiger partial charge in [-0.2, -0.15) is 0 Å². The van der Waals surface area contributed by atoms with Crippen LogP contribution < -0.4 is 11.1 Å². The summed E-state index contributed by atoms with van der Waals surface area (Å²) in [5.41, 5.74) is 5.72. The van der Waals surface area contributed by atoms with Gasteiger partial charge in [0.05, 0.1) is 5.92 Å². The van der Waals surface area contributed by atoms with E-state index in [9.17, 15) is 4.79 Å². The van der Waals surface area contributed by atoms with Crippen LogP contribution in [0.2, 0.25) is 0 Å². The van der Waals surface area contributed by atoms with Crippen LogP contribution in [0.3, 0.4) is 0 Å². The van der Waals surface area contributed by atoms with Gasteiger partial charge in [-0.05, 0) is 26.4 Å². The summed E-state index contributed by atoms with van der Waals surface area (Å²) in [7, 11) is 2.08. The summed E-state index contributed by atoms with van der Waals surface area (Å²) < 4.78 is 0. The second-order valence-corrected chi connectivity index (χ2v) is 4.65. The Morgan fingerprint density at radius 1 is 1.53 bits per heavy atom. The highest BCUT2D eigenvalue weighted by atomic mass is 16.1. The van der Waals surface area contributed by atoms with Crippen molar-refractivity contribution in [1.29, 1.82) is 0 Å². The molecule has 0 bridgehead atoms. The molecule has 0 saturated carbocycles. The monoisotopic (exact) mass is 209 g/mol. The highest BCUT2D eigenvalue weighted by molar-refractivity contribution is 5.81. The predicted octanol–water partition coefficient (Wildman–Crippen LogP) is -0.290. The van der Waals surface area contributed by atoms with Crippen molar-refractivity contribution in [1.82, 2.24) is 10.2 Å². The number of nitrogens with two attached hydrogens (primary N) is 1. The van der Waals surface area contributed by atoms with Crippen LogP contribution in [0.4, 0.5) is 0 Å². The van der Waals surface area contributed by atoms with E-state index < -0.39 is 0 Å². The van der Waals surface area contributed by atoms with Gasteiger partial charge < -0.3 is 16.0 Å². The first-order valence-corrected chi connectivity index (χ1v) is 5.58. The lowest BCUT2D eigenvalue weighted by Gasteiger charge is -2.15. The zero-order valence-corrected chi connectivity index (χ0v) is 9.15. The molecule has 3 N–H and O–H groups in total. The van der Waals surface area contributed by atoms with E-state index >= 15 is 0 Å². The molecular formula is C11H19N3O. The Labute approximate surface area is 90.5 Å². The van der Waals surface area contributed by atoms with Crippen LogP contribution in [0.5, 0.6) is 0 Å². The smallest absolute Gasteiger partial charge is 0.227 e. The fourth-order valence-electron chi connectivity index (χ4n) is 2.28. The van der Waals surface area contributed by atoms with Crippen LogP contribution in [0.25, 0.3) is 0 Å². The van der Waals surface area contributed by atoms with Crippen molar-refractivity contribution in [2.45, 2.75) is 24.9 Å². The van der Waals surface area contributed by atoms with Gasteiger partial charge in [0.1, 0.15) is 0 Å². The second kappa shape index (κ2) is 4.33. The van der Waals surface area contributed by atoms with Crippen molar-refractivity contribution in [2.75, 3.05) is 20.1 Å². The van der Waals surface area contributed by atoms with Gasteiger partial charge in [0, 0.05) is 18.6 Å². The highest BCUT2D eigenvalue weighted by Crippen LogP contribution is 2.17. The number of nitrogens with zero attached hydrogens (tertiary/aromatic N) is 1. The summed E-state index contributed by atoms with van der Waals surface area (Å²) in [4.78, 5) is 14.1. The van der Waals surface area contributed by atoms with Crippen LogP contribution in [0, 0.1) is 5.92 Å². The van der Waals surface area contributed by atoms with Gasteiger partial charge in [0.25, 0.3) is 0 Å². The number of nitrogens with one attached hydrogen (secondary N) is 1. The molecule has 3 atom stereocenters. The fraction of sp³-hybridized carbons (Fsp3) is 0.727.